The summed E-state index contributed by atoms with van der Waals surface area (Å²) in [7, 11) is 0. The molecule has 0 amide bonds. The van der Waals surface area contributed by atoms with E-state index in [1.54, 1.807) is 11.3 Å². The lowest BCUT2D eigenvalue weighted by molar-refractivity contribution is 0.0419. The molecule has 2 heterocycles. The van der Waals surface area contributed by atoms with E-state index in [9.17, 15) is 0 Å². The summed E-state index contributed by atoms with van der Waals surface area (Å²) >= 11 is 1.59. The summed E-state index contributed by atoms with van der Waals surface area (Å²) in [4.78, 5) is 9.69. The first-order valence-corrected chi connectivity index (χ1v) is 6.82. The topological polar surface area (TPSA) is 61.0 Å². The zero-order chi connectivity index (χ0) is 11.7. The Kier molecular flexibility index (Phi) is 2.94. The van der Waals surface area contributed by atoms with E-state index in [1.165, 1.54) is 12.8 Å². The molecular formula is C12H15N3OS. The van der Waals surface area contributed by atoms with Gasteiger partial charge in [0.25, 0.3) is 0 Å². The van der Waals surface area contributed by atoms with Crippen LogP contribution < -0.4 is 5.73 Å². The van der Waals surface area contributed by atoms with Crippen LogP contribution in [0.3, 0.4) is 0 Å². The van der Waals surface area contributed by atoms with Gasteiger partial charge in [0, 0.05) is 0 Å². The molecule has 2 aromatic rings. The van der Waals surface area contributed by atoms with E-state index in [4.69, 9.17) is 10.5 Å². The molecule has 1 saturated carbocycles. The van der Waals surface area contributed by atoms with Crippen LogP contribution in [0.4, 0.5) is 5.82 Å². The van der Waals surface area contributed by atoms with Crippen LogP contribution >= 0.6 is 11.3 Å². The molecule has 0 spiro atoms. The maximum absolute atomic E-state index is 5.89. The van der Waals surface area contributed by atoms with Crippen LogP contribution in [0.5, 0.6) is 0 Å². The van der Waals surface area contributed by atoms with Gasteiger partial charge in [0.1, 0.15) is 17.3 Å². The fourth-order valence-corrected chi connectivity index (χ4v) is 3.03. The van der Waals surface area contributed by atoms with Gasteiger partial charge in [-0.1, -0.05) is 12.8 Å². The molecule has 0 aromatic carbocycles. The predicted octanol–water partition coefficient (Wildman–Crippen LogP) is 2.73. The Bertz CT molecular complexity index is 519. The van der Waals surface area contributed by atoms with E-state index < -0.39 is 0 Å². The number of rotatable bonds is 3. The number of aromatic nitrogens is 2. The van der Waals surface area contributed by atoms with Gasteiger partial charge in [-0.05, 0) is 24.3 Å². The number of fused-ring (bicyclic) bond motifs is 1. The number of thiophene rings is 1. The molecule has 2 N–H and O–H groups in total. The van der Waals surface area contributed by atoms with Crippen molar-refractivity contribution < 1.29 is 4.74 Å². The second-order valence-corrected chi connectivity index (χ2v) is 5.28. The molecule has 0 unspecified atom stereocenters. The van der Waals surface area contributed by atoms with Crippen LogP contribution in [-0.4, -0.2) is 16.1 Å². The van der Waals surface area contributed by atoms with E-state index in [0.717, 1.165) is 23.1 Å². The first-order valence-electron chi connectivity index (χ1n) is 5.94. The van der Waals surface area contributed by atoms with Gasteiger partial charge in [-0.25, -0.2) is 9.97 Å². The summed E-state index contributed by atoms with van der Waals surface area (Å²) in [6.07, 6.45) is 5.27. The molecule has 3 rings (SSSR count). The van der Waals surface area contributed by atoms with Crippen molar-refractivity contribution in [2.24, 2.45) is 0 Å². The van der Waals surface area contributed by atoms with Crippen molar-refractivity contribution in [2.75, 3.05) is 5.73 Å². The van der Waals surface area contributed by atoms with E-state index in [1.807, 2.05) is 11.4 Å². The lowest BCUT2D eigenvalue weighted by Crippen LogP contribution is -2.09. The van der Waals surface area contributed by atoms with Gasteiger partial charge in [0.05, 0.1) is 11.5 Å². The standard InChI is InChI=1S/C12H15N3OS/c13-11-9-5-6-17-12(9)15-10(14-11)7-16-8-3-1-2-4-8/h5-6,8H,1-4,7H2,(H2,13,14,15). The van der Waals surface area contributed by atoms with E-state index in [2.05, 4.69) is 9.97 Å². The maximum atomic E-state index is 5.89. The van der Waals surface area contributed by atoms with Crippen molar-refractivity contribution in [3.05, 3.63) is 17.3 Å². The van der Waals surface area contributed by atoms with Crippen LogP contribution in [0.15, 0.2) is 11.4 Å². The van der Waals surface area contributed by atoms with Crippen molar-refractivity contribution >= 4 is 27.4 Å². The molecule has 1 aliphatic carbocycles. The predicted molar refractivity (Wildman–Crippen MR) is 68.9 cm³/mol. The SMILES string of the molecule is Nc1nc(COC2CCCC2)nc2sccc12. The summed E-state index contributed by atoms with van der Waals surface area (Å²) < 4.78 is 5.79. The Hall–Kier alpha value is -1.20. The first-order chi connectivity index (χ1) is 8.33. The zero-order valence-electron chi connectivity index (χ0n) is 9.56. The Morgan fingerprint density at radius 3 is 3.00 bits per heavy atom. The Labute approximate surface area is 104 Å². The molecule has 2 aromatic heterocycles. The van der Waals surface area contributed by atoms with Crippen LogP contribution in [0.2, 0.25) is 0 Å². The van der Waals surface area contributed by atoms with Crippen molar-refractivity contribution in [3.8, 4) is 0 Å². The Balaban J connectivity index is 1.75. The van der Waals surface area contributed by atoms with E-state index in [-0.39, 0.29) is 0 Å². The number of nitrogens with zero attached hydrogens (tertiary/aromatic N) is 2. The molecule has 0 saturated heterocycles. The molecular weight excluding hydrogens is 234 g/mol. The molecule has 0 bridgehead atoms. The van der Waals surface area contributed by atoms with Crippen LogP contribution in [0, 0.1) is 0 Å². The number of nitrogen functional groups attached to an aromatic ring is 1. The largest absolute Gasteiger partial charge is 0.383 e. The third-order valence-corrected chi connectivity index (χ3v) is 3.96. The molecule has 17 heavy (non-hydrogen) atoms. The number of anilines is 1. The molecule has 1 aliphatic rings. The Morgan fingerprint density at radius 2 is 2.18 bits per heavy atom. The first kappa shape index (κ1) is 10.9. The highest BCUT2D eigenvalue weighted by molar-refractivity contribution is 7.16. The summed E-state index contributed by atoms with van der Waals surface area (Å²) in [5.74, 6) is 1.26. The quantitative estimate of drug-likeness (QED) is 0.908. The highest BCUT2D eigenvalue weighted by Gasteiger charge is 2.16. The maximum Gasteiger partial charge on any atom is 0.158 e. The number of hydrogen-bond donors (Lipinski definition) is 1. The molecule has 0 atom stereocenters. The van der Waals surface area contributed by atoms with Gasteiger partial charge in [-0.2, -0.15) is 0 Å². The van der Waals surface area contributed by atoms with E-state index >= 15 is 0 Å². The Morgan fingerprint density at radius 1 is 1.35 bits per heavy atom. The minimum atomic E-state index is 0.388. The van der Waals surface area contributed by atoms with Crippen molar-refractivity contribution in [1.29, 1.82) is 0 Å². The summed E-state index contributed by atoms with van der Waals surface area (Å²) in [5.41, 5.74) is 5.89. The summed E-state index contributed by atoms with van der Waals surface area (Å²) in [5, 5.41) is 2.93. The summed E-state index contributed by atoms with van der Waals surface area (Å²) in [6, 6.07) is 1.96. The second-order valence-electron chi connectivity index (χ2n) is 4.38. The van der Waals surface area contributed by atoms with Gasteiger partial charge in [-0.15, -0.1) is 11.3 Å². The van der Waals surface area contributed by atoms with Gasteiger partial charge < -0.3 is 10.5 Å². The van der Waals surface area contributed by atoms with Gasteiger partial charge >= 0.3 is 0 Å². The van der Waals surface area contributed by atoms with Crippen molar-refractivity contribution in [2.45, 2.75) is 38.4 Å². The lowest BCUT2D eigenvalue weighted by Gasteiger charge is -2.10. The smallest absolute Gasteiger partial charge is 0.158 e. The van der Waals surface area contributed by atoms with Gasteiger partial charge in [0.15, 0.2) is 5.82 Å². The molecule has 5 heteroatoms. The molecule has 0 radical (unpaired) electrons. The number of hydrogen-bond acceptors (Lipinski definition) is 5. The highest BCUT2D eigenvalue weighted by atomic mass is 32.1. The monoisotopic (exact) mass is 249 g/mol. The van der Waals surface area contributed by atoms with Crippen LogP contribution in [0.25, 0.3) is 10.2 Å². The van der Waals surface area contributed by atoms with Crippen LogP contribution in [0.1, 0.15) is 31.5 Å². The van der Waals surface area contributed by atoms with Crippen molar-refractivity contribution in [1.82, 2.24) is 9.97 Å². The third kappa shape index (κ3) is 2.25. The molecule has 1 fully saturated rings. The minimum absolute atomic E-state index is 0.388. The fourth-order valence-electron chi connectivity index (χ4n) is 2.24. The zero-order valence-corrected chi connectivity index (χ0v) is 10.4. The summed E-state index contributed by atoms with van der Waals surface area (Å²) in [6.45, 7) is 0.475. The van der Waals surface area contributed by atoms with Gasteiger partial charge in [0.2, 0.25) is 0 Å². The molecule has 0 aliphatic heterocycles. The normalized spacial score (nSPS) is 16.9. The average Bonchev–Trinajstić information content (AvgIpc) is 2.97. The molecule has 90 valence electrons. The van der Waals surface area contributed by atoms with Gasteiger partial charge in [-0.3, -0.25) is 0 Å². The van der Waals surface area contributed by atoms with E-state index in [0.29, 0.717) is 24.4 Å². The average molecular weight is 249 g/mol. The third-order valence-electron chi connectivity index (χ3n) is 3.15. The number of ether oxygens (including phenoxy) is 1. The minimum Gasteiger partial charge on any atom is -0.383 e. The van der Waals surface area contributed by atoms with Crippen molar-refractivity contribution in [3.63, 3.8) is 0 Å². The highest BCUT2D eigenvalue weighted by Crippen LogP contribution is 2.24. The molecule has 4 nitrogen and oxygen atoms in total. The number of nitrogens with two attached hydrogens (primary N) is 1. The second kappa shape index (κ2) is 4.58. The fraction of sp³-hybridized carbons (Fsp3) is 0.500. The van der Waals surface area contributed by atoms with Crippen LogP contribution in [-0.2, 0) is 11.3 Å². The lowest BCUT2D eigenvalue weighted by atomic mass is 10.3.